The molecule has 0 saturated heterocycles. The summed E-state index contributed by atoms with van der Waals surface area (Å²) in [7, 11) is 0. The Morgan fingerprint density at radius 3 is 2.58 bits per heavy atom. The molecule has 2 unspecified atom stereocenters. The minimum atomic E-state index is 0.499. The van der Waals surface area contributed by atoms with Gasteiger partial charge in [0.25, 0.3) is 0 Å². The van der Waals surface area contributed by atoms with Gasteiger partial charge in [-0.3, -0.25) is 0 Å². The Morgan fingerprint density at radius 2 is 1.89 bits per heavy atom. The predicted octanol–water partition coefficient (Wildman–Crippen LogP) is 3.86. The van der Waals surface area contributed by atoms with Crippen LogP contribution in [0.15, 0.2) is 24.3 Å². The highest BCUT2D eigenvalue weighted by molar-refractivity contribution is 5.30. The maximum Gasteiger partial charge on any atom is 0.119 e. The van der Waals surface area contributed by atoms with E-state index in [2.05, 4.69) is 36.5 Å². The van der Waals surface area contributed by atoms with Gasteiger partial charge in [-0.1, -0.05) is 25.5 Å². The van der Waals surface area contributed by atoms with Gasteiger partial charge in [0.1, 0.15) is 5.75 Å². The van der Waals surface area contributed by atoms with Gasteiger partial charge in [-0.2, -0.15) is 0 Å². The quantitative estimate of drug-likeness (QED) is 0.867. The van der Waals surface area contributed by atoms with E-state index < -0.39 is 0 Å². The van der Waals surface area contributed by atoms with Crippen molar-refractivity contribution in [2.45, 2.75) is 63.5 Å². The maximum absolute atomic E-state index is 5.81. The second-order valence-corrected chi connectivity index (χ2v) is 6.00. The molecule has 2 aliphatic carbocycles. The van der Waals surface area contributed by atoms with E-state index in [0.717, 1.165) is 18.2 Å². The third-order valence-electron chi connectivity index (χ3n) is 4.35. The lowest BCUT2D eigenvalue weighted by molar-refractivity contribution is 0.302. The Hall–Kier alpha value is -1.02. The van der Waals surface area contributed by atoms with Crippen molar-refractivity contribution in [1.82, 2.24) is 5.32 Å². The average molecular weight is 259 g/mol. The normalized spacial score (nSPS) is 27.2. The monoisotopic (exact) mass is 259 g/mol. The van der Waals surface area contributed by atoms with Crippen LogP contribution in [-0.4, -0.2) is 18.7 Å². The molecular formula is C17H25NO. The molecular weight excluding hydrogens is 234 g/mol. The Kier molecular flexibility index (Phi) is 4.07. The van der Waals surface area contributed by atoms with Crippen LogP contribution in [0.2, 0.25) is 0 Å². The van der Waals surface area contributed by atoms with Crippen LogP contribution in [0.4, 0.5) is 0 Å². The van der Waals surface area contributed by atoms with Crippen molar-refractivity contribution < 1.29 is 4.74 Å². The zero-order valence-electron chi connectivity index (χ0n) is 11.9. The summed E-state index contributed by atoms with van der Waals surface area (Å²) in [5, 5.41) is 3.61. The highest BCUT2D eigenvalue weighted by Crippen LogP contribution is 2.34. The van der Waals surface area contributed by atoms with Gasteiger partial charge in [0, 0.05) is 6.04 Å². The van der Waals surface area contributed by atoms with Crippen LogP contribution in [0, 0.1) is 0 Å². The summed E-state index contributed by atoms with van der Waals surface area (Å²) in [5.41, 5.74) is 1.49. The van der Waals surface area contributed by atoms with Gasteiger partial charge in [0.05, 0.1) is 6.10 Å². The molecule has 0 heterocycles. The van der Waals surface area contributed by atoms with Crippen LogP contribution in [-0.2, 0) is 0 Å². The van der Waals surface area contributed by atoms with Crippen LogP contribution >= 0.6 is 0 Å². The second kappa shape index (κ2) is 5.96. The van der Waals surface area contributed by atoms with Crippen molar-refractivity contribution in [3.8, 4) is 5.75 Å². The first-order chi connectivity index (χ1) is 9.35. The molecule has 2 aliphatic rings. The van der Waals surface area contributed by atoms with Crippen LogP contribution < -0.4 is 10.1 Å². The molecule has 3 rings (SSSR count). The molecule has 1 aromatic rings. The molecule has 2 atom stereocenters. The summed E-state index contributed by atoms with van der Waals surface area (Å²) >= 11 is 0. The number of rotatable bonds is 5. The average Bonchev–Trinajstić information content (AvgIpc) is 3.24. The minimum absolute atomic E-state index is 0.499. The number of hydrogen-bond acceptors (Lipinski definition) is 2. The van der Waals surface area contributed by atoms with E-state index in [1.54, 1.807) is 0 Å². The van der Waals surface area contributed by atoms with Gasteiger partial charge in [0.15, 0.2) is 0 Å². The van der Waals surface area contributed by atoms with Crippen LogP contribution in [0.25, 0.3) is 0 Å². The van der Waals surface area contributed by atoms with E-state index in [0.29, 0.717) is 12.1 Å². The van der Waals surface area contributed by atoms with Crippen LogP contribution in [0.1, 0.15) is 56.9 Å². The van der Waals surface area contributed by atoms with Gasteiger partial charge in [-0.05, 0) is 62.3 Å². The highest BCUT2D eigenvalue weighted by atomic mass is 16.5. The number of nitrogens with one attached hydrogen (secondary N) is 1. The molecule has 2 fully saturated rings. The van der Waals surface area contributed by atoms with Gasteiger partial charge in [-0.15, -0.1) is 0 Å². The Labute approximate surface area is 116 Å². The molecule has 2 heteroatoms. The summed E-state index contributed by atoms with van der Waals surface area (Å²) in [4.78, 5) is 0. The van der Waals surface area contributed by atoms with E-state index in [4.69, 9.17) is 4.74 Å². The van der Waals surface area contributed by atoms with E-state index >= 15 is 0 Å². The molecule has 1 N–H and O–H groups in total. The lowest BCUT2D eigenvalue weighted by Gasteiger charge is -2.30. The van der Waals surface area contributed by atoms with E-state index in [1.807, 2.05) is 0 Å². The van der Waals surface area contributed by atoms with Crippen LogP contribution in [0.3, 0.4) is 0 Å². The molecule has 2 nitrogen and oxygen atoms in total. The molecule has 2 saturated carbocycles. The summed E-state index contributed by atoms with van der Waals surface area (Å²) < 4.78 is 5.81. The molecule has 0 bridgehead atoms. The Balaban J connectivity index is 1.60. The first kappa shape index (κ1) is 13.0. The van der Waals surface area contributed by atoms with Gasteiger partial charge in [-0.25, -0.2) is 0 Å². The molecule has 0 aromatic heterocycles. The molecule has 104 valence electrons. The first-order valence-corrected chi connectivity index (χ1v) is 7.85. The van der Waals surface area contributed by atoms with Gasteiger partial charge in [0.2, 0.25) is 0 Å². The fourth-order valence-electron chi connectivity index (χ4n) is 3.16. The fraction of sp³-hybridized carbons (Fsp3) is 0.647. The van der Waals surface area contributed by atoms with E-state index in [-0.39, 0.29) is 0 Å². The summed E-state index contributed by atoms with van der Waals surface area (Å²) in [6.45, 7) is 3.29. The summed E-state index contributed by atoms with van der Waals surface area (Å²) in [6.07, 6.45) is 8.28. The lowest BCUT2D eigenvalue weighted by atomic mass is 9.81. The third-order valence-corrected chi connectivity index (χ3v) is 4.35. The molecule has 0 spiro atoms. The van der Waals surface area contributed by atoms with Crippen molar-refractivity contribution in [3.63, 3.8) is 0 Å². The van der Waals surface area contributed by atoms with Gasteiger partial charge >= 0.3 is 0 Å². The minimum Gasteiger partial charge on any atom is -0.490 e. The number of hydrogen-bond donors (Lipinski definition) is 1. The van der Waals surface area contributed by atoms with Gasteiger partial charge < -0.3 is 10.1 Å². The summed E-state index contributed by atoms with van der Waals surface area (Å²) in [6, 6.07) is 9.58. The Bertz CT molecular complexity index is 394. The third kappa shape index (κ3) is 3.50. The highest BCUT2D eigenvalue weighted by Gasteiger charge is 2.24. The van der Waals surface area contributed by atoms with Crippen molar-refractivity contribution in [2.24, 2.45) is 0 Å². The van der Waals surface area contributed by atoms with E-state index in [1.165, 1.54) is 44.1 Å². The zero-order valence-corrected chi connectivity index (χ0v) is 11.9. The standard InChI is InChI=1S/C17H25NO/c1-2-18-15-5-3-4-14(12-15)13-6-8-16(9-7-13)19-17-10-11-17/h6-9,14-15,17-18H,2-5,10-12H2,1H3. The fourth-order valence-corrected chi connectivity index (χ4v) is 3.16. The lowest BCUT2D eigenvalue weighted by Crippen LogP contribution is -2.33. The molecule has 0 aliphatic heterocycles. The predicted molar refractivity (Wildman–Crippen MR) is 78.8 cm³/mol. The van der Waals surface area contributed by atoms with Crippen molar-refractivity contribution in [2.75, 3.05) is 6.54 Å². The molecule has 0 radical (unpaired) electrons. The molecule has 19 heavy (non-hydrogen) atoms. The smallest absolute Gasteiger partial charge is 0.119 e. The second-order valence-electron chi connectivity index (χ2n) is 6.00. The van der Waals surface area contributed by atoms with Crippen LogP contribution in [0.5, 0.6) is 5.75 Å². The van der Waals surface area contributed by atoms with Crippen molar-refractivity contribution in [1.29, 1.82) is 0 Å². The largest absolute Gasteiger partial charge is 0.490 e. The molecule has 1 aromatic carbocycles. The van der Waals surface area contributed by atoms with Crippen molar-refractivity contribution >= 4 is 0 Å². The number of benzene rings is 1. The van der Waals surface area contributed by atoms with E-state index in [9.17, 15) is 0 Å². The first-order valence-electron chi connectivity index (χ1n) is 7.85. The Morgan fingerprint density at radius 1 is 1.11 bits per heavy atom. The SMILES string of the molecule is CCNC1CCCC(c2ccc(OC3CC3)cc2)C1. The number of ether oxygens (including phenoxy) is 1. The summed E-state index contributed by atoms with van der Waals surface area (Å²) in [5.74, 6) is 1.78. The van der Waals surface area contributed by atoms with Crippen molar-refractivity contribution in [3.05, 3.63) is 29.8 Å². The maximum atomic E-state index is 5.81. The topological polar surface area (TPSA) is 21.3 Å². The zero-order chi connectivity index (χ0) is 13.1. The molecule has 0 amide bonds.